The van der Waals surface area contributed by atoms with Gasteiger partial charge in [0.15, 0.2) is 0 Å². The van der Waals surface area contributed by atoms with E-state index in [0.29, 0.717) is 5.69 Å². The SMILES string of the molecule is Cc1ccc2[nH]c3c(c2c1)CC(C(=O)Nc1cccc(F)c1)CC3. The molecular formula is C20H19FN2O. The molecule has 1 atom stereocenters. The van der Waals surface area contributed by atoms with Crippen LogP contribution in [0.2, 0.25) is 0 Å². The van der Waals surface area contributed by atoms with Gasteiger partial charge in [0.1, 0.15) is 5.82 Å². The molecule has 0 saturated carbocycles. The molecule has 0 aliphatic heterocycles. The highest BCUT2D eigenvalue weighted by Crippen LogP contribution is 2.32. The zero-order valence-electron chi connectivity index (χ0n) is 13.5. The Balaban J connectivity index is 1.58. The number of amides is 1. The molecule has 0 fully saturated rings. The molecule has 3 nitrogen and oxygen atoms in total. The average molecular weight is 322 g/mol. The maximum Gasteiger partial charge on any atom is 0.227 e. The van der Waals surface area contributed by atoms with Gasteiger partial charge in [0.25, 0.3) is 0 Å². The molecule has 4 rings (SSSR count). The van der Waals surface area contributed by atoms with Gasteiger partial charge in [-0.05, 0) is 62.1 Å². The topological polar surface area (TPSA) is 44.9 Å². The van der Waals surface area contributed by atoms with Crippen LogP contribution in [0.15, 0.2) is 42.5 Å². The fourth-order valence-corrected chi connectivity index (χ4v) is 3.57. The van der Waals surface area contributed by atoms with Crippen molar-refractivity contribution in [1.29, 1.82) is 0 Å². The summed E-state index contributed by atoms with van der Waals surface area (Å²) in [5.41, 5.74) is 5.36. The quantitative estimate of drug-likeness (QED) is 0.723. The highest BCUT2D eigenvalue weighted by atomic mass is 19.1. The first-order chi connectivity index (χ1) is 11.6. The van der Waals surface area contributed by atoms with Crippen molar-refractivity contribution in [3.63, 3.8) is 0 Å². The second kappa shape index (κ2) is 5.78. The number of nitrogens with one attached hydrogen (secondary N) is 2. The maximum absolute atomic E-state index is 13.3. The summed E-state index contributed by atoms with van der Waals surface area (Å²) in [6, 6.07) is 12.4. The van der Waals surface area contributed by atoms with Crippen LogP contribution in [0.3, 0.4) is 0 Å². The standard InChI is InChI=1S/C20H19FN2O/c1-12-5-7-18-16(9-12)17-10-13(6-8-19(17)23-18)20(24)22-15-4-2-3-14(21)11-15/h2-5,7,9,11,13,23H,6,8,10H2,1H3,(H,22,24). The highest BCUT2D eigenvalue weighted by Gasteiger charge is 2.27. The minimum Gasteiger partial charge on any atom is -0.358 e. The van der Waals surface area contributed by atoms with E-state index >= 15 is 0 Å². The van der Waals surface area contributed by atoms with Crippen molar-refractivity contribution >= 4 is 22.5 Å². The van der Waals surface area contributed by atoms with Crippen LogP contribution in [0.25, 0.3) is 10.9 Å². The molecule has 0 radical (unpaired) electrons. The summed E-state index contributed by atoms with van der Waals surface area (Å²) >= 11 is 0. The molecule has 0 spiro atoms. The Kier molecular flexibility index (Phi) is 3.60. The van der Waals surface area contributed by atoms with Crippen LogP contribution < -0.4 is 5.32 Å². The molecule has 24 heavy (non-hydrogen) atoms. The smallest absolute Gasteiger partial charge is 0.227 e. The first-order valence-electron chi connectivity index (χ1n) is 8.26. The molecule has 3 aromatic rings. The van der Waals surface area contributed by atoms with Crippen molar-refractivity contribution in [2.45, 2.75) is 26.2 Å². The number of hydrogen-bond donors (Lipinski definition) is 2. The van der Waals surface area contributed by atoms with Crippen LogP contribution in [0.4, 0.5) is 10.1 Å². The number of carbonyl (C=O) groups excluding carboxylic acids is 1. The number of benzene rings is 2. The molecule has 1 aromatic heterocycles. The van der Waals surface area contributed by atoms with Gasteiger partial charge in [0, 0.05) is 28.2 Å². The van der Waals surface area contributed by atoms with Crippen molar-refractivity contribution in [3.8, 4) is 0 Å². The minimum absolute atomic E-state index is 0.0340. The Morgan fingerprint density at radius 2 is 2.12 bits per heavy atom. The molecule has 2 aromatic carbocycles. The number of carbonyl (C=O) groups is 1. The number of aryl methyl sites for hydroxylation is 2. The lowest BCUT2D eigenvalue weighted by Crippen LogP contribution is -2.28. The van der Waals surface area contributed by atoms with Gasteiger partial charge in [-0.1, -0.05) is 17.7 Å². The zero-order chi connectivity index (χ0) is 16.7. The van der Waals surface area contributed by atoms with Crippen molar-refractivity contribution in [2.75, 3.05) is 5.32 Å². The summed E-state index contributed by atoms with van der Waals surface area (Å²) in [5.74, 6) is -0.459. The fourth-order valence-electron chi connectivity index (χ4n) is 3.57. The van der Waals surface area contributed by atoms with E-state index in [2.05, 4.69) is 35.4 Å². The van der Waals surface area contributed by atoms with Crippen LogP contribution in [-0.4, -0.2) is 10.9 Å². The predicted molar refractivity (Wildman–Crippen MR) is 93.6 cm³/mol. The van der Waals surface area contributed by atoms with Crippen molar-refractivity contribution < 1.29 is 9.18 Å². The molecular weight excluding hydrogens is 303 g/mol. The Bertz CT molecular complexity index is 929. The summed E-state index contributed by atoms with van der Waals surface area (Å²) in [4.78, 5) is 16.0. The number of H-pyrrole nitrogens is 1. The number of anilines is 1. The van der Waals surface area contributed by atoms with Gasteiger partial charge in [-0.3, -0.25) is 4.79 Å². The summed E-state index contributed by atoms with van der Waals surface area (Å²) in [5, 5.41) is 4.06. The van der Waals surface area contributed by atoms with E-state index in [1.165, 1.54) is 34.3 Å². The Morgan fingerprint density at radius 3 is 2.96 bits per heavy atom. The van der Waals surface area contributed by atoms with Gasteiger partial charge >= 0.3 is 0 Å². The molecule has 1 aliphatic carbocycles. The molecule has 1 heterocycles. The van der Waals surface area contributed by atoms with E-state index in [1.807, 2.05) is 0 Å². The van der Waals surface area contributed by atoms with E-state index in [-0.39, 0.29) is 17.6 Å². The molecule has 0 bridgehead atoms. The van der Waals surface area contributed by atoms with Gasteiger partial charge in [0.05, 0.1) is 0 Å². The summed E-state index contributed by atoms with van der Waals surface area (Å²) in [6.07, 6.45) is 2.39. The lowest BCUT2D eigenvalue weighted by molar-refractivity contribution is -0.120. The first-order valence-corrected chi connectivity index (χ1v) is 8.26. The molecule has 2 N–H and O–H groups in total. The third-order valence-corrected chi connectivity index (χ3v) is 4.81. The largest absolute Gasteiger partial charge is 0.358 e. The fraction of sp³-hybridized carbons (Fsp3) is 0.250. The van der Waals surface area contributed by atoms with E-state index < -0.39 is 0 Å². The van der Waals surface area contributed by atoms with Gasteiger partial charge in [-0.15, -0.1) is 0 Å². The monoisotopic (exact) mass is 322 g/mol. The third-order valence-electron chi connectivity index (χ3n) is 4.81. The zero-order valence-corrected chi connectivity index (χ0v) is 13.5. The van der Waals surface area contributed by atoms with E-state index in [1.54, 1.807) is 12.1 Å². The molecule has 122 valence electrons. The van der Waals surface area contributed by atoms with Crippen molar-refractivity contribution in [1.82, 2.24) is 4.98 Å². The minimum atomic E-state index is -0.342. The lowest BCUT2D eigenvalue weighted by atomic mass is 9.85. The Hall–Kier alpha value is -2.62. The van der Waals surface area contributed by atoms with Crippen LogP contribution in [0, 0.1) is 18.7 Å². The molecule has 0 saturated heterocycles. The summed E-state index contributed by atoms with van der Waals surface area (Å²) in [6.45, 7) is 2.08. The molecule has 1 unspecified atom stereocenters. The van der Waals surface area contributed by atoms with Gasteiger partial charge in [-0.2, -0.15) is 0 Å². The van der Waals surface area contributed by atoms with Crippen LogP contribution in [-0.2, 0) is 17.6 Å². The van der Waals surface area contributed by atoms with E-state index in [4.69, 9.17) is 0 Å². The average Bonchev–Trinajstić information content (AvgIpc) is 2.92. The van der Waals surface area contributed by atoms with E-state index in [0.717, 1.165) is 24.8 Å². The summed E-state index contributed by atoms with van der Waals surface area (Å²) < 4.78 is 13.3. The lowest BCUT2D eigenvalue weighted by Gasteiger charge is -2.22. The number of rotatable bonds is 2. The Morgan fingerprint density at radius 1 is 1.25 bits per heavy atom. The Labute approximate surface area is 139 Å². The second-order valence-corrected chi connectivity index (χ2v) is 6.57. The molecule has 1 aliphatic rings. The number of aromatic nitrogens is 1. The number of hydrogen-bond acceptors (Lipinski definition) is 1. The van der Waals surface area contributed by atoms with Crippen molar-refractivity contribution in [3.05, 3.63) is 65.1 Å². The normalized spacial score (nSPS) is 16.8. The van der Waals surface area contributed by atoms with Crippen LogP contribution >= 0.6 is 0 Å². The van der Waals surface area contributed by atoms with Crippen LogP contribution in [0.1, 0.15) is 23.2 Å². The summed E-state index contributed by atoms with van der Waals surface area (Å²) in [7, 11) is 0. The number of halogens is 1. The first kappa shape index (κ1) is 14.9. The third kappa shape index (κ3) is 2.68. The highest BCUT2D eigenvalue weighted by molar-refractivity contribution is 5.94. The molecule has 1 amide bonds. The predicted octanol–water partition coefficient (Wildman–Crippen LogP) is 4.36. The maximum atomic E-state index is 13.3. The van der Waals surface area contributed by atoms with Crippen molar-refractivity contribution in [2.24, 2.45) is 5.92 Å². The number of aromatic amines is 1. The number of fused-ring (bicyclic) bond motifs is 3. The van der Waals surface area contributed by atoms with E-state index in [9.17, 15) is 9.18 Å². The van der Waals surface area contributed by atoms with Gasteiger partial charge in [-0.25, -0.2) is 4.39 Å². The molecule has 4 heteroatoms. The van der Waals surface area contributed by atoms with Crippen LogP contribution in [0.5, 0.6) is 0 Å². The van der Waals surface area contributed by atoms with Gasteiger partial charge in [0.2, 0.25) is 5.91 Å². The van der Waals surface area contributed by atoms with Gasteiger partial charge < -0.3 is 10.3 Å². The second-order valence-electron chi connectivity index (χ2n) is 6.57.